The Morgan fingerprint density at radius 3 is 2.50 bits per heavy atom. The van der Waals surface area contributed by atoms with Crippen LogP contribution in [0.4, 0.5) is 5.69 Å². The van der Waals surface area contributed by atoms with Gasteiger partial charge in [0.05, 0.1) is 7.11 Å². The highest BCUT2D eigenvalue weighted by Gasteiger charge is 2.01. The Kier molecular flexibility index (Phi) is 3.84. The van der Waals surface area contributed by atoms with Gasteiger partial charge in [0.15, 0.2) is 0 Å². The second-order valence-electron chi connectivity index (χ2n) is 3.84. The van der Waals surface area contributed by atoms with E-state index in [1.54, 1.807) is 7.11 Å². The molecular weight excluding hydrogens is 226 g/mol. The summed E-state index contributed by atoms with van der Waals surface area (Å²) in [6, 6.07) is 15.4. The van der Waals surface area contributed by atoms with Crippen LogP contribution < -0.4 is 4.74 Å². The molecule has 0 amide bonds. The van der Waals surface area contributed by atoms with Crippen LogP contribution in [0, 0.1) is 0 Å². The van der Waals surface area contributed by atoms with E-state index in [1.807, 2.05) is 48.5 Å². The smallest absolute Gasteiger partial charge is 0.118 e. The second-order valence-corrected chi connectivity index (χ2v) is 3.84. The monoisotopic (exact) mass is 239 g/mol. The minimum atomic E-state index is 0.677. The molecule has 0 fully saturated rings. The molecule has 0 unspecified atom stereocenters. The molecule has 4 heteroatoms. The van der Waals surface area contributed by atoms with E-state index in [9.17, 15) is 0 Å². The topological polar surface area (TPSA) is 58.0 Å². The van der Waals surface area contributed by atoms with Crippen LogP contribution in [0.25, 0.3) is 10.4 Å². The molecule has 0 N–H and O–H groups in total. The first-order valence-electron chi connectivity index (χ1n) is 5.59. The fourth-order valence-electron chi connectivity index (χ4n) is 1.77. The fourth-order valence-corrected chi connectivity index (χ4v) is 1.77. The summed E-state index contributed by atoms with van der Waals surface area (Å²) < 4.78 is 5.12. The Bertz CT molecular complexity index is 572. The molecule has 0 aromatic heterocycles. The van der Waals surface area contributed by atoms with Crippen LogP contribution in [0.3, 0.4) is 0 Å². The lowest BCUT2D eigenvalue weighted by Gasteiger charge is -2.06. The fraction of sp³-hybridized carbons (Fsp3) is 0.143. The number of methoxy groups -OCH3 is 1. The largest absolute Gasteiger partial charge is 0.497 e. The van der Waals surface area contributed by atoms with E-state index in [-0.39, 0.29) is 0 Å². The Morgan fingerprint density at radius 2 is 1.83 bits per heavy atom. The molecule has 0 aliphatic carbocycles. The molecule has 0 heterocycles. The van der Waals surface area contributed by atoms with Crippen LogP contribution in [-0.4, -0.2) is 7.11 Å². The van der Waals surface area contributed by atoms with Crippen molar-refractivity contribution >= 4 is 5.69 Å². The van der Waals surface area contributed by atoms with Crippen molar-refractivity contribution in [3.63, 3.8) is 0 Å². The number of benzene rings is 2. The Labute approximate surface area is 105 Å². The molecule has 0 saturated heterocycles. The van der Waals surface area contributed by atoms with Gasteiger partial charge in [0.25, 0.3) is 0 Å². The zero-order valence-corrected chi connectivity index (χ0v) is 10.1. The highest BCUT2D eigenvalue weighted by molar-refractivity contribution is 5.48. The standard InChI is InChI=1S/C14H13N3O/c1-18-13-8-6-11(7-9-13)10-12-4-2-3-5-14(12)16-17-15/h2-9H,10H2,1H3. The highest BCUT2D eigenvalue weighted by atomic mass is 16.5. The van der Waals surface area contributed by atoms with E-state index in [0.29, 0.717) is 5.69 Å². The maximum Gasteiger partial charge on any atom is 0.118 e. The van der Waals surface area contributed by atoms with Crippen molar-refractivity contribution in [2.75, 3.05) is 7.11 Å². The zero-order valence-electron chi connectivity index (χ0n) is 10.1. The lowest BCUT2D eigenvalue weighted by atomic mass is 10.0. The molecule has 0 aliphatic rings. The minimum Gasteiger partial charge on any atom is -0.497 e. The molecule has 0 radical (unpaired) electrons. The van der Waals surface area contributed by atoms with Crippen LogP contribution in [0.5, 0.6) is 5.75 Å². The van der Waals surface area contributed by atoms with Crippen LogP contribution in [0.2, 0.25) is 0 Å². The summed E-state index contributed by atoms with van der Waals surface area (Å²) in [5, 5.41) is 3.69. The summed E-state index contributed by atoms with van der Waals surface area (Å²) in [6.07, 6.45) is 0.735. The van der Waals surface area contributed by atoms with Gasteiger partial charge in [-0.25, -0.2) is 0 Å². The maximum absolute atomic E-state index is 8.52. The Morgan fingerprint density at radius 1 is 1.11 bits per heavy atom. The predicted octanol–water partition coefficient (Wildman–Crippen LogP) is 4.23. The van der Waals surface area contributed by atoms with Crippen molar-refractivity contribution in [2.24, 2.45) is 5.11 Å². The van der Waals surface area contributed by atoms with Crippen molar-refractivity contribution in [3.05, 3.63) is 70.1 Å². The van der Waals surface area contributed by atoms with Crippen molar-refractivity contribution < 1.29 is 4.74 Å². The number of nitrogens with zero attached hydrogens (tertiary/aromatic N) is 3. The number of hydrogen-bond donors (Lipinski definition) is 0. The Balaban J connectivity index is 2.25. The van der Waals surface area contributed by atoms with Gasteiger partial charge in [0.2, 0.25) is 0 Å². The van der Waals surface area contributed by atoms with E-state index in [1.165, 1.54) is 0 Å². The Hall–Kier alpha value is -2.45. The normalized spacial score (nSPS) is 9.61. The maximum atomic E-state index is 8.52. The van der Waals surface area contributed by atoms with Gasteiger partial charge in [-0.15, -0.1) is 0 Å². The zero-order chi connectivity index (χ0) is 12.8. The van der Waals surface area contributed by atoms with Crippen LogP contribution in [-0.2, 0) is 6.42 Å². The lowest BCUT2D eigenvalue weighted by molar-refractivity contribution is 0.414. The third-order valence-corrected chi connectivity index (χ3v) is 2.70. The number of rotatable bonds is 4. The average molecular weight is 239 g/mol. The summed E-state index contributed by atoms with van der Waals surface area (Å²) in [5.41, 5.74) is 11.4. The summed E-state index contributed by atoms with van der Waals surface area (Å²) in [5.74, 6) is 0.835. The van der Waals surface area contributed by atoms with Gasteiger partial charge >= 0.3 is 0 Å². The van der Waals surface area contributed by atoms with Crippen molar-refractivity contribution in [1.29, 1.82) is 0 Å². The van der Waals surface area contributed by atoms with Crippen LogP contribution in [0.15, 0.2) is 53.6 Å². The third-order valence-electron chi connectivity index (χ3n) is 2.70. The van der Waals surface area contributed by atoms with Gasteiger partial charge in [-0.3, -0.25) is 0 Å². The van der Waals surface area contributed by atoms with E-state index >= 15 is 0 Å². The summed E-state index contributed by atoms with van der Waals surface area (Å²) in [6.45, 7) is 0. The molecule has 0 aliphatic heterocycles. The van der Waals surface area contributed by atoms with E-state index < -0.39 is 0 Å². The lowest BCUT2D eigenvalue weighted by Crippen LogP contribution is -1.89. The first kappa shape index (κ1) is 12.0. The highest BCUT2D eigenvalue weighted by Crippen LogP contribution is 2.23. The molecule has 2 aromatic rings. The molecule has 0 saturated carbocycles. The molecule has 4 nitrogen and oxygen atoms in total. The first-order valence-corrected chi connectivity index (χ1v) is 5.59. The summed E-state index contributed by atoms with van der Waals surface area (Å²) in [4.78, 5) is 2.84. The van der Waals surface area contributed by atoms with Crippen molar-refractivity contribution in [2.45, 2.75) is 6.42 Å². The molecular formula is C14H13N3O. The molecule has 0 atom stereocenters. The second kappa shape index (κ2) is 5.75. The average Bonchev–Trinajstić information content (AvgIpc) is 2.42. The molecule has 2 aromatic carbocycles. The van der Waals surface area contributed by atoms with Crippen LogP contribution >= 0.6 is 0 Å². The number of ether oxygens (including phenoxy) is 1. The van der Waals surface area contributed by atoms with Gasteiger partial charge in [-0.1, -0.05) is 41.5 Å². The molecule has 0 bridgehead atoms. The third kappa shape index (κ3) is 2.81. The van der Waals surface area contributed by atoms with Gasteiger partial charge in [0.1, 0.15) is 5.75 Å². The van der Waals surface area contributed by atoms with Crippen LogP contribution in [0.1, 0.15) is 11.1 Å². The van der Waals surface area contributed by atoms with Crippen molar-refractivity contribution in [1.82, 2.24) is 0 Å². The molecule has 2 rings (SSSR count). The van der Waals surface area contributed by atoms with Gasteiger partial charge in [-0.05, 0) is 35.2 Å². The minimum absolute atomic E-state index is 0.677. The predicted molar refractivity (Wildman–Crippen MR) is 71.0 cm³/mol. The SMILES string of the molecule is COc1ccc(Cc2ccccc2N=[N+]=[N-])cc1. The molecule has 0 spiro atoms. The van der Waals surface area contributed by atoms with Gasteiger partial charge in [-0.2, -0.15) is 0 Å². The first-order chi connectivity index (χ1) is 8.83. The van der Waals surface area contributed by atoms with Crippen molar-refractivity contribution in [3.8, 4) is 5.75 Å². The van der Waals surface area contributed by atoms with E-state index in [2.05, 4.69) is 10.0 Å². The number of azide groups is 1. The van der Waals surface area contributed by atoms with E-state index in [4.69, 9.17) is 10.3 Å². The number of hydrogen-bond acceptors (Lipinski definition) is 2. The quantitative estimate of drug-likeness (QED) is 0.447. The van der Waals surface area contributed by atoms with Gasteiger partial charge < -0.3 is 4.74 Å². The summed E-state index contributed by atoms with van der Waals surface area (Å²) in [7, 11) is 1.64. The summed E-state index contributed by atoms with van der Waals surface area (Å²) >= 11 is 0. The molecule has 18 heavy (non-hydrogen) atoms. The molecule has 90 valence electrons. The van der Waals surface area contributed by atoms with Gasteiger partial charge in [0, 0.05) is 10.6 Å². The van der Waals surface area contributed by atoms with E-state index in [0.717, 1.165) is 23.3 Å².